The van der Waals surface area contributed by atoms with E-state index < -0.39 is 15.9 Å². The number of carbonyl (C=O) groups excluding carboxylic acids is 1. The molecular weight excluding hydrogens is 380 g/mol. The number of amides is 1. The topological polar surface area (TPSA) is 89.3 Å². The zero-order chi connectivity index (χ0) is 16.6. The Morgan fingerprint density at radius 2 is 1.90 bits per heavy atom. The minimum Gasteiger partial charge on any atom is -0.349 e. The van der Waals surface area contributed by atoms with Crippen molar-refractivity contribution in [2.75, 3.05) is 0 Å². The minimum atomic E-state index is -3.98. The summed E-state index contributed by atoms with van der Waals surface area (Å²) in [4.78, 5) is 12.0. The molecular formula is C13H18BrClN2O3S. The van der Waals surface area contributed by atoms with Crippen LogP contribution in [0.4, 0.5) is 0 Å². The highest BCUT2D eigenvalue weighted by Gasteiger charge is 2.24. The van der Waals surface area contributed by atoms with E-state index in [4.69, 9.17) is 16.7 Å². The van der Waals surface area contributed by atoms with E-state index in [-0.39, 0.29) is 31.4 Å². The van der Waals surface area contributed by atoms with Crippen molar-refractivity contribution in [2.24, 2.45) is 10.6 Å². The summed E-state index contributed by atoms with van der Waals surface area (Å²) in [7, 11) is -3.98. The second-order valence-electron chi connectivity index (χ2n) is 5.88. The zero-order valence-electron chi connectivity index (χ0n) is 12.2. The van der Waals surface area contributed by atoms with Gasteiger partial charge < -0.3 is 5.32 Å². The first-order chi connectivity index (χ1) is 9.34. The van der Waals surface area contributed by atoms with Gasteiger partial charge in [0.05, 0.1) is 14.4 Å². The van der Waals surface area contributed by atoms with Crippen LogP contribution in [-0.2, 0) is 10.0 Å². The summed E-state index contributed by atoms with van der Waals surface area (Å²) in [6, 6.07) is 2.49. The Hall–Kier alpha value is -0.630. The van der Waals surface area contributed by atoms with E-state index in [9.17, 15) is 13.2 Å². The van der Waals surface area contributed by atoms with E-state index in [0.717, 1.165) is 0 Å². The SMILES string of the molecule is CC(NC(=O)c1cc(Cl)c(Br)c(S(N)(=O)=O)c1)C(C)(C)C. The van der Waals surface area contributed by atoms with Crippen LogP contribution in [0.1, 0.15) is 38.1 Å². The summed E-state index contributed by atoms with van der Waals surface area (Å²) in [6.45, 7) is 7.84. The van der Waals surface area contributed by atoms with Gasteiger partial charge in [0.1, 0.15) is 0 Å². The van der Waals surface area contributed by atoms with E-state index in [0.29, 0.717) is 0 Å². The van der Waals surface area contributed by atoms with Gasteiger partial charge in [-0.15, -0.1) is 0 Å². The average molecular weight is 398 g/mol. The van der Waals surface area contributed by atoms with Crippen LogP contribution in [0.5, 0.6) is 0 Å². The molecule has 0 aliphatic heterocycles. The number of rotatable bonds is 3. The number of primary sulfonamides is 1. The van der Waals surface area contributed by atoms with E-state index in [1.54, 1.807) is 0 Å². The molecule has 0 fully saturated rings. The third-order valence-corrected chi connectivity index (χ3v) is 5.79. The van der Waals surface area contributed by atoms with Gasteiger partial charge in [0.2, 0.25) is 10.0 Å². The summed E-state index contributed by atoms with van der Waals surface area (Å²) in [5.74, 6) is -0.406. The molecule has 1 unspecified atom stereocenters. The summed E-state index contributed by atoms with van der Waals surface area (Å²) in [5.41, 5.74) is 0.0146. The van der Waals surface area contributed by atoms with E-state index in [1.165, 1.54) is 12.1 Å². The molecule has 0 aromatic heterocycles. The largest absolute Gasteiger partial charge is 0.349 e. The van der Waals surface area contributed by atoms with Crippen LogP contribution in [-0.4, -0.2) is 20.4 Å². The van der Waals surface area contributed by atoms with Gasteiger partial charge in [0.25, 0.3) is 5.91 Å². The maximum Gasteiger partial charge on any atom is 0.251 e. The van der Waals surface area contributed by atoms with Gasteiger partial charge in [0, 0.05) is 11.6 Å². The number of halogens is 2. The quantitative estimate of drug-likeness (QED) is 0.821. The molecule has 0 aliphatic carbocycles. The highest BCUT2D eigenvalue weighted by molar-refractivity contribution is 9.10. The number of sulfonamides is 1. The summed E-state index contributed by atoms with van der Waals surface area (Å²) >= 11 is 9.01. The smallest absolute Gasteiger partial charge is 0.251 e. The van der Waals surface area contributed by atoms with Crippen LogP contribution >= 0.6 is 27.5 Å². The third-order valence-electron chi connectivity index (χ3n) is 3.21. The molecule has 0 radical (unpaired) electrons. The lowest BCUT2D eigenvalue weighted by Crippen LogP contribution is -2.41. The molecule has 1 amide bonds. The van der Waals surface area contributed by atoms with Crippen LogP contribution in [0.3, 0.4) is 0 Å². The lowest BCUT2D eigenvalue weighted by molar-refractivity contribution is 0.0910. The molecule has 8 heteroatoms. The molecule has 1 aromatic rings. The molecule has 0 spiro atoms. The lowest BCUT2D eigenvalue weighted by Gasteiger charge is -2.28. The fourth-order valence-electron chi connectivity index (χ4n) is 1.40. The monoisotopic (exact) mass is 396 g/mol. The molecule has 0 bridgehead atoms. The van der Waals surface area contributed by atoms with Gasteiger partial charge >= 0.3 is 0 Å². The van der Waals surface area contributed by atoms with Gasteiger partial charge in [-0.1, -0.05) is 32.4 Å². The minimum absolute atomic E-state index is 0.106. The Labute approximate surface area is 138 Å². The first-order valence-corrected chi connectivity index (χ1v) is 8.88. The number of carbonyl (C=O) groups is 1. The normalized spacial score (nSPS) is 13.9. The molecule has 5 nitrogen and oxygen atoms in total. The Morgan fingerprint density at radius 1 is 1.38 bits per heavy atom. The third kappa shape index (κ3) is 4.67. The van der Waals surface area contributed by atoms with Crippen molar-refractivity contribution in [3.8, 4) is 0 Å². The predicted octanol–water partition coefficient (Wildman–Crippen LogP) is 2.91. The number of nitrogens with one attached hydrogen (secondary N) is 1. The van der Waals surface area contributed by atoms with Gasteiger partial charge in [-0.3, -0.25) is 4.79 Å². The van der Waals surface area contributed by atoms with Crippen LogP contribution < -0.4 is 10.5 Å². The second-order valence-corrected chi connectivity index (χ2v) is 8.61. The Kier molecular flexibility index (Phi) is 5.47. The number of hydrogen-bond donors (Lipinski definition) is 2. The fourth-order valence-corrected chi connectivity index (χ4v) is 3.23. The fraction of sp³-hybridized carbons (Fsp3) is 0.462. The van der Waals surface area contributed by atoms with Crippen LogP contribution in [0.2, 0.25) is 5.02 Å². The van der Waals surface area contributed by atoms with Crippen LogP contribution in [0.25, 0.3) is 0 Å². The maximum absolute atomic E-state index is 12.2. The van der Waals surface area contributed by atoms with Crippen molar-refractivity contribution < 1.29 is 13.2 Å². The Balaban J connectivity index is 3.21. The summed E-state index contributed by atoms with van der Waals surface area (Å²) in [6.07, 6.45) is 0. The van der Waals surface area contributed by atoms with Crippen LogP contribution in [0, 0.1) is 5.41 Å². The Bertz CT molecular complexity index is 669. The summed E-state index contributed by atoms with van der Waals surface area (Å²) < 4.78 is 23.2. The molecule has 0 heterocycles. The molecule has 3 N–H and O–H groups in total. The predicted molar refractivity (Wildman–Crippen MR) is 86.9 cm³/mol. The second kappa shape index (κ2) is 6.24. The van der Waals surface area contributed by atoms with Crippen molar-refractivity contribution in [2.45, 2.75) is 38.6 Å². The number of benzene rings is 1. The first-order valence-electron chi connectivity index (χ1n) is 6.16. The van der Waals surface area contributed by atoms with Crippen molar-refractivity contribution in [1.29, 1.82) is 0 Å². The van der Waals surface area contributed by atoms with Gasteiger partial charge in [-0.25, -0.2) is 13.6 Å². The summed E-state index contributed by atoms with van der Waals surface area (Å²) in [5, 5.41) is 8.04. The molecule has 1 rings (SSSR count). The molecule has 0 saturated heterocycles. The standard InChI is InChI=1S/C13H18BrClN2O3S/c1-7(13(2,3)4)17-12(18)8-5-9(15)11(14)10(6-8)21(16,19)20/h5-7H,1-4H3,(H,17,18)(H2,16,19,20). The van der Waals surface area contributed by atoms with Gasteiger partial charge in [0.15, 0.2) is 0 Å². The Morgan fingerprint density at radius 3 is 2.33 bits per heavy atom. The van der Waals surface area contributed by atoms with Crippen molar-refractivity contribution in [3.05, 3.63) is 27.2 Å². The number of hydrogen-bond acceptors (Lipinski definition) is 3. The van der Waals surface area contributed by atoms with Crippen molar-refractivity contribution in [1.82, 2.24) is 5.32 Å². The molecule has 1 aromatic carbocycles. The lowest BCUT2D eigenvalue weighted by atomic mass is 9.88. The van der Waals surface area contributed by atoms with E-state index in [2.05, 4.69) is 21.2 Å². The highest BCUT2D eigenvalue weighted by atomic mass is 79.9. The van der Waals surface area contributed by atoms with Crippen LogP contribution in [0.15, 0.2) is 21.5 Å². The molecule has 0 aliphatic rings. The zero-order valence-corrected chi connectivity index (χ0v) is 15.4. The van der Waals surface area contributed by atoms with E-state index >= 15 is 0 Å². The molecule has 21 heavy (non-hydrogen) atoms. The molecule has 1 atom stereocenters. The first kappa shape index (κ1) is 18.4. The maximum atomic E-state index is 12.2. The van der Waals surface area contributed by atoms with Crippen molar-refractivity contribution in [3.63, 3.8) is 0 Å². The molecule has 0 saturated carbocycles. The highest BCUT2D eigenvalue weighted by Crippen LogP contribution is 2.31. The van der Waals surface area contributed by atoms with Gasteiger partial charge in [-0.2, -0.15) is 0 Å². The number of nitrogens with two attached hydrogens (primary N) is 1. The average Bonchev–Trinajstić information content (AvgIpc) is 2.29. The van der Waals surface area contributed by atoms with Gasteiger partial charge in [-0.05, 0) is 40.4 Å². The molecule has 118 valence electrons. The van der Waals surface area contributed by atoms with Crippen molar-refractivity contribution >= 4 is 43.5 Å². The van der Waals surface area contributed by atoms with E-state index in [1.807, 2.05) is 27.7 Å².